The Morgan fingerprint density at radius 1 is 1.20 bits per heavy atom. The maximum absolute atomic E-state index is 13.1. The number of nitrogens with zero attached hydrogens (tertiary/aromatic N) is 2. The summed E-state index contributed by atoms with van der Waals surface area (Å²) in [5.41, 5.74) is 1.05. The molecule has 1 saturated heterocycles. The van der Waals surface area contributed by atoms with Gasteiger partial charge in [0.1, 0.15) is 5.82 Å². The van der Waals surface area contributed by atoms with Crippen LogP contribution in [0.5, 0.6) is 0 Å². The summed E-state index contributed by atoms with van der Waals surface area (Å²) >= 11 is 0. The number of benzene rings is 1. The Hall–Kier alpha value is -0.930. The zero-order valence-electron chi connectivity index (χ0n) is 18.4. The van der Waals surface area contributed by atoms with Crippen LogP contribution in [-0.2, 0) is 6.54 Å². The van der Waals surface area contributed by atoms with Gasteiger partial charge in [0.25, 0.3) is 0 Å². The Morgan fingerprint density at radius 2 is 1.90 bits per heavy atom. The van der Waals surface area contributed by atoms with Crippen molar-refractivity contribution in [1.82, 2.24) is 15.5 Å². The van der Waals surface area contributed by atoms with Crippen molar-refractivity contribution in [2.75, 3.05) is 26.2 Å². The minimum atomic E-state index is -0.252. The van der Waals surface area contributed by atoms with Gasteiger partial charge in [-0.15, -0.1) is 24.0 Å². The fourth-order valence-electron chi connectivity index (χ4n) is 4.42. The van der Waals surface area contributed by atoms with E-state index in [1.807, 2.05) is 12.1 Å². The van der Waals surface area contributed by atoms with E-state index in [1.165, 1.54) is 18.6 Å². The molecule has 30 heavy (non-hydrogen) atoms. The lowest BCUT2D eigenvalue weighted by molar-refractivity contribution is 0.00715. The van der Waals surface area contributed by atoms with Crippen LogP contribution < -0.4 is 10.6 Å². The van der Waals surface area contributed by atoms with Gasteiger partial charge in [-0.25, -0.2) is 4.39 Å². The molecule has 0 radical (unpaired) electrons. The standard InChI is InChI=1S/C23H37FN4O.HI/c1-3-25-22(26-17-23(2)13-5-4-6-21(23)29)27-20-11-14-28(15-12-20)16-18-7-9-19(24)10-8-18;/h7-10,20-21,29H,3-6,11-17H2,1-2H3,(H2,25,26,27);1H. The number of piperidine rings is 1. The van der Waals surface area contributed by atoms with Crippen LogP contribution in [0.1, 0.15) is 57.9 Å². The number of halogens is 2. The van der Waals surface area contributed by atoms with Crippen molar-refractivity contribution in [2.24, 2.45) is 10.4 Å². The summed E-state index contributed by atoms with van der Waals surface area (Å²) in [4.78, 5) is 7.26. The Morgan fingerprint density at radius 3 is 2.53 bits per heavy atom. The SMILES string of the molecule is CCNC(=NCC1(C)CCCCC1O)NC1CCN(Cc2ccc(F)cc2)CC1.I. The van der Waals surface area contributed by atoms with Crippen molar-refractivity contribution < 1.29 is 9.50 Å². The van der Waals surface area contributed by atoms with E-state index in [0.29, 0.717) is 12.6 Å². The topological polar surface area (TPSA) is 59.9 Å². The number of rotatable bonds is 6. The van der Waals surface area contributed by atoms with Gasteiger partial charge in [-0.3, -0.25) is 9.89 Å². The summed E-state index contributed by atoms with van der Waals surface area (Å²) in [5.74, 6) is 0.685. The lowest BCUT2D eigenvalue weighted by atomic mass is 9.73. The molecule has 170 valence electrons. The fourth-order valence-corrected chi connectivity index (χ4v) is 4.42. The van der Waals surface area contributed by atoms with Gasteiger partial charge in [0, 0.05) is 37.6 Å². The number of likely N-dealkylation sites (tertiary alicyclic amines) is 1. The molecule has 2 unspecified atom stereocenters. The van der Waals surface area contributed by atoms with Crippen LogP contribution in [0.25, 0.3) is 0 Å². The van der Waals surface area contributed by atoms with Gasteiger partial charge in [0.05, 0.1) is 12.6 Å². The minimum Gasteiger partial charge on any atom is -0.392 e. The Bertz CT molecular complexity index is 664. The maximum Gasteiger partial charge on any atom is 0.191 e. The van der Waals surface area contributed by atoms with Gasteiger partial charge in [-0.2, -0.15) is 0 Å². The minimum absolute atomic E-state index is 0. The number of hydrogen-bond donors (Lipinski definition) is 3. The molecular formula is C23H38FIN4O. The molecule has 2 fully saturated rings. The van der Waals surface area contributed by atoms with Crippen molar-refractivity contribution in [2.45, 2.75) is 71.1 Å². The highest BCUT2D eigenvalue weighted by atomic mass is 127. The zero-order valence-corrected chi connectivity index (χ0v) is 20.7. The molecular weight excluding hydrogens is 494 g/mol. The third-order valence-electron chi connectivity index (χ3n) is 6.47. The van der Waals surface area contributed by atoms with E-state index in [1.54, 1.807) is 0 Å². The van der Waals surface area contributed by atoms with E-state index in [9.17, 15) is 9.50 Å². The highest BCUT2D eigenvalue weighted by Gasteiger charge is 2.35. The number of aliphatic hydroxyl groups excluding tert-OH is 1. The van der Waals surface area contributed by atoms with E-state index in [4.69, 9.17) is 4.99 Å². The molecule has 3 N–H and O–H groups in total. The summed E-state index contributed by atoms with van der Waals surface area (Å²) in [6.07, 6.45) is 6.10. The van der Waals surface area contributed by atoms with Crippen molar-refractivity contribution in [1.29, 1.82) is 0 Å². The van der Waals surface area contributed by atoms with Gasteiger partial charge >= 0.3 is 0 Å². The Balaban J connectivity index is 0.00000320. The van der Waals surface area contributed by atoms with Gasteiger partial charge in [-0.1, -0.05) is 31.9 Å². The quantitative estimate of drug-likeness (QED) is 0.296. The molecule has 2 aliphatic rings. The van der Waals surface area contributed by atoms with Crippen LogP contribution in [0.3, 0.4) is 0 Å². The Kier molecular flexibility index (Phi) is 10.3. The van der Waals surface area contributed by atoms with E-state index in [2.05, 4.69) is 29.4 Å². The van der Waals surface area contributed by atoms with E-state index >= 15 is 0 Å². The zero-order chi connectivity index (χ0) is 20.7. The van der Waals surface area contributed by atoms with Gasteiger partial charge in [0.15, 0.2) is 5.96 Å². The summed E-state index contributed by atoms with van der Waals surface area (Å²) in [6.45, 7) is 8.64. The van der Waals surface area contributed by atoms with Gasteiger partial charge < -0.3 is 15.7 Å². The molecule has 1 aromatic carbocycles. The predicted octanol–water partition coefficient (Wildman–Crippen LogP) is 3.90. The molecule has 1 heterocycles. The molecule has 0 amide bonds. The average molecular weight is 532 g/mol. The average Bonchev–Trinajstić information content (AvgIpc) is 2.72. The lowest BCUT2D eigenvalue weighted by Gasteiger charge is -2.37. The molecule has 1 aliphatic carbocycles. The van der Waals surface area contributed by atoms with Crippen LogP contribution in [-0.4, -0.2) is 54.3 Å². The van der Waals surface area contributed by atoms with Crippen LogP contribution in [0, 0.1) is 11.2 Å². The number of guanidine groups is 1. The van der Waals surface area contributed by atoms with Crippen LogP contribution in [0.15, 0.2) is 29.3 Å². The molecule has 2 atom stereocenters. The molecule has 1 aromatic rings. The number of aliphatic imine (C=N–C) groups is 1. The lowest BCUT2D eigenvalue weighted by Crippen LogP contribution is -2.49. The summed E-state index contributed by atoms with van der Waals surface area (Å²) < 4.78 is 13.1. The highest BCUT2D eigenvalue weighted by Crippen LogP contribution is 2.36. The monoisotopic (exact) mass is 532 g/mol. The first-order valence-corrected chi connectivity index (χ1v) is 11.2. The first kappa shape index (κ1) is 25.3. The van der Waals surface area contributed by atoms with E-state index in [0.717, 1.165) is 69.8 Å². The predicted molar refractivity (Wildman–Crippen MR) is 132 cm³/mol. The molecule has 7 heteroatoms. The third-order valence-corrected chi connectivity index (χ3v) is 6.47. The van der Waals surface area contributed by atoms with Crippen LogP contribution in [0.2, 0.25) is 0 Å². The number of nitrogens with one attached hydrogen (secondary N) is 2. The van der Waals surface area contributed by atoms with E-state index in [-0.39, 0.29) is 41.3 Å². The second-order valence-corrected chi connectivity index (χ2v) is 8.93. The summed E-state index contributed by atoms with van der Waals surface area (Å²) in [7, 11) is 0. The summed E-state index contributed by atoms with van der Waals surface area (Å²) in [6, 6.07) is 7.21. The molecule has 1 aliphatic heterocycles. The van der Waals surface area contributed by atoms with Crippen molar-refractivity contribution >= 4 is 29.9 Å². The third kappa shape index (κ3) is 7.34. The Labute approximate surface area is 197 Å². The number of aliphatic hydroxyl groups is 1. The molecule has 0 bridgehead atoms. The summed E-state index contributed by atoms with van der Waals surface area (Å²) in [5, 5.41) is 17.4. The fraction of sp³-hybridized carbons (Fsp3) is 0.696. The van der Waals surface area contributed by atoms with Crippen LogP contribution in [0.4, 0.5) is 4.39 Å². The molecule has 1 saturated carbocycles. The normalized spacial score (nSPS) is 26.1. The molecule has 5 nitrogen and oxygen atoms in total. The van der Waals surface area contributed by atoms with E-state index < -0.39 is 0 Å². The van der Waals surface area contributed by atoms with Crippen LogP contribution >= 0.6 is 24.0 Å². The first-order chi connectivity index (χ1) is 14.0. The second kappa shape index (κ2) is 12.2. The van der Waals surface area contributed by atoms with Crippen molar-refractivity contribution in [3.05, 3.63) is 35.6 Å². The van der Waals surface area contributed by atoms with Crippen molar-refractivity contribution in [3.8, 4) is 0 Å². The number of hydrogen-bond acceptors (Lipinski definition) is 3. The van der Waals surface area contributed by atoms with Crippen molar-refractivity contribution in [3.63, 3.8) is 0 Å². The first-order valence-electron chi connectivity index (χ1n) is 11.2. The highest BCUT2D eigenvalue weighted by molar-refractivity contribution is 14.0. The largest absolute Gasteiger partial charge is 0.392 e. The van der Waals surface area contributed by atoms with Gasteiger partial charge in [-0.05, 0) is 50.3 Å². The second-order valence-electron chi connectivity index (χ2n) is 8.93. The maximum atomic E-state index is 13.1. The van der Waals surface area contributed by atoms with Gasteiger partial charge in [0.2, 0.25) is 0 Å². The molecule has 0 spiro atoms. The smallest absolute Gasteiger partial charge is 0.191 e. The molecule has 0 aromatic heterocycles. The molecule has 3 rings (SSSR count).